The highest BCUT2D eigenvalue weighted by atomic mass is 19.1. The number of hydrogen-bond acceptors (Lipinski definition) is 6. The number of piperidine rings is 1. The van der Waals surface area contributed by atoms with Crippen LogP contribution in [0, 0.1) is 11.6 Å². The van der Waals surface area contributed by atoms with Crippen molar-refractivity contribution in [3.8, 4) is 11.4 Å². The van der Waals surface area contributed by atoms with Gasteiger partial charge in [0.2, 0.25) is 0 Å². The smallest absolute Gasteiger partial charge is 0.185 e. The molecule has 0 aliphatic carbocycles. The van der Waals surface area contributed by atoms with Crippen LogP contribution >= 0.6 is 0 Å². The monoisotopic (exact) mass is 409 g/mol. The lowest BCUT2D eigenvalue weighted by molar-refractivity contribution is 0.0988. The molecular formula is C22H21F2N5O. The van der Waals surface area contributed by atoms with Crippen LogP contribution in [0.15, 0.2) is 48.9 Å². The number of halogens is 2. The number of anilines is 1. The molecule has 0 spiro atoms. The Morgan fingerprint density at radius 1 is 1.17 bits per heavy atom. The summed E-state index contributed by atoms with van der Waals surface area (Å²) in [5, 5.41) is 0. The van der Waals surface area contributed by atoms with Gasteiger partial charge in [0.1, 0.15) is 17.3 Å². The van der Waals surface area contributed by atoms with Crippen LogP contribution in [0.4, 0.5) is 14.5 Å². The van der Waals surface area contributed by atoms with Crippen molar-refractivity contribution in [3.05, 3.63) is 71.8 Å². The van der Waals surface area contributed by atoms with Crippen LogP contribution in [-0.2, 0) is 6.42 Å². The van der Waals surface area contributed by atoms with E-state index in [9.17, 15) is 13.6 Å². The van der Waals surface area contributed by atoms with E-state index in [1.165, 1.54) is 18.3 Å². The van der Waals surface area contributed by atoms with E-state index in [1.807, 2.05) is 6.07 Å². The average molecular weight is 409 g/mol. The maximum atomic E-state index is 14.1. The highest BCUT2D eigenvalue weighted by Crippen LogP contribution is 2.25. The Morgan fingerprint density at radius 2 is 1.97 bits per heavy atom. The normalized spacial score (nSPS) is 16.5. The zero-order chi connectivity index (χ0) is 21.1. The number of pyridine rings is 1. The minimum atomic E-state index is -0.782. The second-order valence-electron chi connectivity index (χ2n) is 7.31. The van der Waals surface area contributed by atoms with E-state index < -0.39 is 11.6 Å². The van der Waals surface area contributed by atoms with Crippen molar-refractivity contribution in [1.82, 2.24) is 15.0 Å². The van der Waals surface area contributed by atoms with Crippen molar-refractivity contribution >= 4 is 11.5 Å². The molecule has 1 aromatic carbocycles. The number of Topliss-reactive ketones (excluding diaryl/α,β-unsaturated/α-hetero) is 1. The third kappa shape index (κ3) is 4.18. The molecule has 0 saturated carbocycles. The molecule has 1 saturated heterocycles. The lowest BCUT2D eigenvalue weighted by atomic mass is 10.0. The van der Waals surface area contributed by atoms with E-state index >= 15 is 0 Å². The largest absolute Gasteiger partial charge is 0.370 e. The maximum absolute atomic E-state index is 14.1. The van der Waals surface area contributed by atoms with E-state index in [2.05, 4.69) is 19.9 Å². The first-order valence-corrected chi connectivity index (χ1v) is 9.77. The van der Waals surface area contributed by atoms with Gasteiger partial charge in [-0.1, -0.05) is 6.07 Å². The molecule has 6 nitrogen and oxygen atoms in total. The Labute approximate surface area is 172 Å². The summed E-state index contributed by atoms with van der Waals surface area (Å²) in [4.78, 5) is 27.3. The average Bonchev–Trinajstić information content (AvgIpc) is 2.74. The van der Waals surface area contributed by atoms with Gasteiger partial charge in [-0.25, -0.2) is 18.7 Å². The molecule has 0 radical (unpaired) electrons. The van der Waals surface area contributed by atoms with E-state index in [-0.39, 0.29) is 35.3 Å². The van der Waals surface area contributed by atoms with Gasteiger partial charge in [0.15, 0.2) is 11.6 Å². The van der Waals surface area contributed by atoms with Gasteiger partial charge in [-0.2, -0.15) is 0 Å². The number of rotatable bonds is 5. The summed E-state index contributed by atoms with van der Waals surface area (Å²) >= 11 is 0. The van der Waals surface area contributed by atoms with Crippen LogP contribution < -0.4 is 10.6 Å². The van der Waals surface area contributed by atoms with Crippen molar-refractivity contribution in [2.45, 2.75) is 25.3 Å². The first kappa shape index (κ1) is 20.0. The number of carbonyl (C=O) groups excluding carboxylic acids is 1. The molecule has 1 atom stereocenters. The fourth-order valence-electron chi connectivity index (χ4n) is 3.70. The van der Waals surface area contributed by atoms with Gasteiger partial charge in [0.25, 0.3) is 0 Å². The highest BCUT2D eigenvalue weighted by Gasteiger charge is 2.21. The topological polar surface area (TPSA) is 85.0 Å². The van der Waals surface area contributed by atoms with E-state index in [1.54, 1.807) is 12.4 Å². The SMILES string of the molecule is N[C@H]1CCCN(c2ccncc2CC(=O)c2ccnc(-c3c(F)cccc3F)n2)C1. The molecule has 0 bridgehead atoms. The quantitative estimate of drug-likeness (QED) is 0.652. The van der Waals surface area contributed by atoms with Crippen LogP contribution in [0.3, 0.4) is 0 Å². The van der Waals surface area contributed by atoms with E-state index in [4.69, 9.17) is 5.73 Å². The molecule has 8 heteroatoms. The second kappa shape index (κ2) is 8.62. The minimum Gasteiger partial charge on any atom is -0.370 e. The molecule has 30 heavy (non-hydrogen) atoms. The zero-order valence-electron chi connectivity index (χ0n) is 16.3. The number of nitrogens with two attached hydrogens (primary N) is 1. The molecule has 1 aliphatic rings. The molecule has 3 heterocycles. The van der Waals surface area contributed by atoms with Crippen LogP contribution in [0.1, 0.15) is 28.9 Å². The first-order chi connectivity index (χ1) is 14.5. The van der Waals surface area contributed by atoms with Gasteiger partial charge in [-0.3, -0.25) is 9.78 Å². The number of nitrogens with zero attached hydrogens (tertiary/aromatic N) is 4. The van der Waals surface area contributed by atoms with Crippen molar-refractivity contribution in [3.63, 3.8) is 0 Å². The summed E-state index contributed by atoms with van der Waals surface area (Å²) in [7, 11) is 0. The molecule has 1 fully saturated rings. The molecule has 2 aromatic heterocycles. The predicted molar refractivity (Wildman–Crippen MR) is 109 cm³/mol. The number of aromatic nitrogens is 3. The Balaban J connectivity index is 1.60. The third-order valence-electron chi connectivity index (χ3n) is 5.16. The van der Waals surface area contributed by atoms with Gasteiger partial charge in [-0.15, -0.1) is 0 Å². The van der Waals surface area contributed by atoms with Gasteiger partial charge in [0.05, 0.1) is 5.56 Å². The highest BCUT2D eigenvalue weighted by molar-refractivity contribution is 5.96. The number of ketones is 1. The number of hydrogen-bond donors (Lipinski definition) is 1. The Hall–Kier alpha value is -3.26. The van der Waals surface area contributed by atoms with Crippen LogP contribution in [0.2, 0.25) is 0 Å². The Kier molecular flexibility index (Phi) is 5.76. The summed E-state index contributed by atoms with van der Waals surface area (Å²) in [6.45, 7) is 1.58. The maximum Gasteiger partial charge on any atom is 0.185 e. The van der Waals surface area contributed by atoms with Crippen molar-refractivity contribution in [2.24, 2.45) is 5.73 Å². The lowest BCUT2D eigenvalue weighted by Gasteiger charge is -2.33. The first-order valence-electron chi connectivity index (χ1n) is 9.77. The number of benzene rings is 1. The second-order valence-corrected chi connectivity index (χ2v) is 7.31. The lowest BCUT2D eigenvalue weighted by Crippen LogP contribution is -2.43. The summed E-state index contributed by atoms with van der Waals surface area (Å²) in [6, 6.07) is 6.93. The molecule has 0 amide bonds. The van der Waals surface area contributed by atoms with E-state index in [0.29, 0.717) is 0 Å². The Bertz CT molecular complexity index is 1050. The summed E-state index contributed by atoms with van der Waals surface area (Å²) in [6.07, 6.45) is 6.70. The van der Waals surface area contributed by atoms with Gasteiger partial charge in [0, 0.05) is 55.4 Å². The molecule has 1 aliphatic heterocycles. The summed E-state index contributed by atoms with van der Waals surface area (Å²) in [5.74, 6) is -2.01. The van der Waals surface area contributed by atoms with Crippen LogP contribution in [-0.4, -0.2) is 39.9 Å². The van der Waals surface area contributed by atoms with Gasteiger partial charge in [-0.05, 0) is 37.1 Å². The standard InChI is InChI=1S/C22H21F2N5O/c23-16-4-1-5-17(24)21(16)22-27-9-6-18(28-22)20(30)11-14-12-26-8-7-19(14)29-10-2-3-15(25)13-29/h1,4-9,12,15H,2-3,10-11,13,25H2/t15-/m0/s1. The number of carbonyl (C=O) groups is 1. The van der Waals surface area contributed by atoms with Crippen molar-refractivity contribution in [1.29, 1.82) is 0 Å². The minimum absolute atomic E-state index is 0.0606. The Morgan fingerprint density at radius 3 is 2.73 bits per heavy atom. The predicted octanol–water partition coefficient (Wildman–Crippen LogP) is 3.17. The van der Waals surface area contributed by atoms with Crippen LogP contribution in [0.25, 0.3) is 11.4 Å². The zero-order valence-corrected chi connectivity index (χ0v) is 16.3. The molecule has 154 valence electrons. The fraction of sp³-hybridized carbons (Fsp3) is 0.273. The van der Waals surface area contributed by atoms with Gasteiger partial charge >= 0.3 is 0 Å². The third-order valence-corrected chi connectivity index (χ3v) is 5.16. The molecule has 0 unspecified atom stereocenters. The molecular weight excluding hydrogens is 388 g/mol. The van der Waals surface area contributed by atoms with E-state index in [0.717, 1.165) is 49.3 Å². The molecule has 2 N–H and O–H groups in total. The summed E-state index contributed by atoms with van der Waals surface area (Å²) < 4.78 is 28.2. The fourth-order valence-corrected chi connectivity index (χ4v) is 3.70. The van der Waals surface area contributed by atoms with Crippen molar-refractivity contribution < 1.29 is 13.6 Å². The molecule has 4 rings (SSSR count). The summed E-state index contributed by atoms with van der Waals surface area (Å²) in [5.41, 5.74) is 7.52. The van der Waals surface area contributed by atoms with Crippen molar-refractivity contribution in [2.75, 3.05) is 18.0 Å². The van der Waals surface area contributed by atoms with Gasteiger partial charge < -0.3 is 10.6 Å². The van der Waals surface area contributed by atoms with Crippen LogP contribution in [0.5, 0.6) is 0 Å². The molecule has 3 aromatic rings.